The number of hydrogen-bond donors (Lipinski definition) is 1. The lowest BCUT2D eigenvalue weighted by Crippen LogP contribution is -2.31. The van der Waals surface area contributed by atoms with Crippen molar-refractivity contribution in [2.75, 3.05) is 6.54 Å². The van der Waals surface area contributed by atoms with Crippen LogP contribution < -0.4 is 5.32 Å². The number of carbonyl (C=O) groups is 2. The number of hydrogen-bond acceptors (Lipinski definition) is 5. The molecule has 6 nitrogen and oxygen atoms in total. The summed E-state index contributed by atoms with van der Waals surface area (Å²) in [7, 11) is 0. The molecule has 1 fully saturated rings. The monoisotopic (exact) mass is 395 g/mol. The van der Waals surface area contributed by atoms with Gasteiger partial charge < -0.3 is 14.6 Å². The topological polar surface area (TPSA) is 75.4 Å². The van der Waals surface area contributed by atoms with Crippen LogP contribution in [0.1, 0.15) is 44.6 Å². The Kier molecular flexibility index (Phi) is 5.53. The lowest BCUT2D eigenvalue weighted by Gasteiger charge is -2.24. The van der Waals surface area contributed by atoms with Crippen molar-refractivity contribution in [3.8, 4) is 0 Å². The molecule has 0 aromatic carbocycles. The second-order valence-electron chi connectivity index (χ2n) is 6.79. The molecular formula is C21H21N3O3S. The fourth-order valence-electron chi connectivity index (χ4n) is 3.45. The molecule has 1 N–H and O–H groups in total. The van der Waals surface area contributed by atoms with Crippen molar-refractivity contribution in [1.29, 1.82) is 0 Å². The molecule has 7 heteroatoms. The smallest absolute Gasteiger partial charge is 0.261 e. The molecule has 1 atom stereocenters. The van der Waals surface area contributed by atoms with E-state index in [2.05, 4.69) is 10.3 Å². The number of pyridine rings is 1. The van der Waals surface area contributed by atoms with Crippen molar-refractivity contribution < 1.29 is 14.0 Å². The molecule has 1 unspecified atom stereocenters. The van der Waals surface area contributed by atoms with E-state index in [1.807, 2.05) is 35.2 Å². The number of carbonyl (C=O) groups excluding carboxylic acids is 2. The molecule has 144 valence electrons. The molecule has 0 spiro atoms. The normalized spacial score (nSPS) is 16.3. The minimum absolute atomic E-state index is 0.0507. The Morgan fingerprint density at radius 1 is 1.18 bits per heavy atom. The van der Waals surface area contributed by atoms with Crippen molar-refractivity contribution in [2.45, 2.75) is 31.8 Å². The summed E-state index contributed by atoms with van der Waals surface area (Å²) in [4.78, 5) is 32.9. The fraction of sp³-hybridized carbons (Fsp3) is 0.286. The minimum Gasteiger partial charge on any atom is -0.472 e. The summed E-state index contributed by atoms with van der Waals surface area (Å²) < 4.78 is 5.01. The molecule has 0 bridgehead atoms. The summed E-state index contributed by atoms with van der Waals surface area (Å²) in [5.41, 5.74) is 1.89. The highest BCUT2D eigenvalue weighted by Crippen LogP contribution is 2.36. The maximum Gasteiger partial charge on any atom is 0.261 e. The zero-order chi connectivity index (χ0) is 19.3. The van der Waals surface area contributed by atoms with Gasteiger partial charge in [0.25, 0.3) is 5.91 Å². The SMILES string of the molecule is O=C(NCc1ccoc1)c1ccc(C2CCCN2C(=O)Cc2ccncc2)s1. The van der Waals surface area contributed by atoms with Crippen LogP contribution in [0.2, 0.25) is 0 Å². The molecule has 3 aromatic heterocycles. The number of amides is 2. The van der Waals surface area contributed by atoms with Gasteiger partial charge in [0.15, 0.2) is 0 Å². The summed E-state index contributed by atoms with van der Waals surface area (Å²) in [5, 5.41) is 2.90. The van der Waals surface area contributed by atoms with Crippen LogP contribution in [-0.2, 0) is 17.8 Å². The molecule has 0 saturated carbocycles. The van der Waals surface area contributed by atoms with Crippen molar-refractivity contribution in [2.24, 2.45) is 0 Å². The molecule has 1 aliphatic heterocycles. The minimum atomic E-state index is -0.106. The molecule has 0 radical (unpaired) electrons. The maximum atomic E-state index is 12.8. The van der Waals surface area contributed by atoms with Gasteiger partial charge >= 0.3 is 0 Å². The molecule has 2 amide bonds. The zero-order valence-corrected chi connectivity index (χ0v) is 16.2. The molecule has 3 aromatic rings. The van der Waals surface area contributed by atoms with Gasteiger partial charge in [-0.25, -0.2) is 0 Å². The summed E-state index contributed by atoms with van der Waals surface area (Å²) in [6.45, 7) is 1.19. The first-order valence-corrected chi connectivity index (χ1v) is 10.1. The number of likely N-dealkylation sites (tertiary alicyclic amines) is 1. The van der Waals surface area contributed by atoms with Crippen molar-refractivity contribution >= 4 is 23.2 Å². The van der Waals surface area contributed by atoms with Crippen LogP contribution in [0.3, 0.4) is 0 Å². The second kappa shape index (κ2) is 8.39. The first kappa shape index (κ1) is 18.4. The van der Waals surface area contributed by atoms with Crippen LogP contribution in [-0.4, -0.2) is 28.2 Å². The standard InChI is InChI=1S/C21H21N3O3S/c25-20(12-15-5-8-22-9-6-15)24-10-1-2-17(24)18-3-4-19(28-18)21(26)23-13-16-7-11-27-14-16/h3-9,11,14,17H,1-2,10,12-13H2,(H,23,26). The number of thiophene rings is 1. The fourth-order valence-corrected chi connectivity index (χ4v) is 4.53. The molecule has 0 aliphatic carbocycles. The van der Waals surface area contributed by atoms with Gasteiger partial charge in [0.05, 0.1) is 29.9 Å². The number of furan rings is 1. The number of nitrogens with zero attached hydrogens (tertiary/aromatic N) is 2. The van der Waals surface area contributed by atoms with Crippen LogP contribution >= 0.6 is 11.3 Å². The molecule has 4 rings (SSSR count). The van der Waals surface area contributed by atoms with Crippen molar-refractivity contribution in [3.63, 3.8) is 0 Å². The van der Waals surface area contributed by atoms with Gasteiger partial charge in [0.1, 0.15) is 0 Å². The van der Waals surface area contributed by atoms with E-state index in [0.29, 0.717) is 17.8 Å². The highest BCUT2D eigenvalue weighted by molar-refractivity contribution is 7.14. The van der Waals surface area contributed by atoms with Crippen LogP contribution in [0.4, 0.5) is 0 Å². The van der Waals surface area contributed by atoms with E-state index < -0.39 is 0 Å². The zero-order valence-electron chi connectivity index (χ0n) is 15.3. The quantitative estimate of drug-likeness (QED) is 0.692. The van der Waals surface area contributed by atoms with Crippen LogP contribution in [0.25, 0.3) is 0 Å². The van der Waals surface area contributed by atoms with Gasteiger partial charge in [-0.05, 0) is 48.7 Å². The highest BCUT2D eigenvalue weighted by atomic mass is 32.1. The van der Waals surface area contributed by atoms with Crippen molar-refractivity contribution in [3.05, 3.63) is 76.1 Å². The average molecular weight is 395 g/mol. The lowest BCUT2D eigenvalue weighted by molar-refractivity contribution is -0.131. The third-order valence-electron chi connectivity index (χ3n) is 4.89. The van der Waals surface area contributed by atoms with E-state index in [1.54, 1.807) is 24.9 Å². The molecule has 1 aliphatic rings. The summed E-state index contributed by atoms with van der Waals surface area (Å²) in [6.07, 6.45) is 8.90. The van der Waals surface area contributed by atoms with Crippen LogP contribution in [0.15, 0.2) is 59.7 Å². The maximum absolute atomic E-state index is 12.8. The molecular weight excluding hydrogens is 374 g/mol. The van der Waals surface area contributed by atoms with Crippen LogP contribution in [0, 0.1) is 0 Å². The largest absolute Gasteiger partial charge is 0.472 e. The van der Waals surface area contributed by atoms with Gasteiger partial charge in [-0.3, -0.25) is 14.6 Å². The van der Waals surface area contributed by atoms with Gasteiger partial charge in [0.2, 0.25) is 5.91 Å². The Labute approximate surface area is 167 Å². The molecule has 28 heavy (non-hydrogen) atoms. The van der Waals surface area contributed by atoms with E-state index >= 15 is 0 Å². The summed E-state index contributed by atoms with van der Waals surface area (Å²) in [6, 6.07) is 9.43. The summed E-state index contributed by atoms with van der Waals surface area (Å²) >= 11 is 1.46. The van der Waals surface area contributed by atoms with Crippen LogP contribution in [0.5, 0.6) is 0 Å². The van der Waals surface area contributed by atoms with E-state index in [4.69, 9.17) is 4.42 Å². The van der Waals surface area contributed by atoms with Gasteiger partial charge in [-0.15, -0.1) is 11.3 Å². The number of aromatic nitrogens is 1. The third-order valence-corrected chi connectivity index (χ3v) is 6.08. The Morgan fingerprint density at radius 2 is 2.04 bits per heavy atom. The first-order chi connectivity index (χ1) is 13.7. The Morgan fingerprint density at radius 3 is 2.82 bits per heavy atom. The third kappa shape index (κ3) is 4.14. The first-order valence-electron chi connectivity index (χ1n) is 9.28. The van der Waals surface area contributed by atoms with E-state index in [-0.39, 0.29) is 17.9 Å². The van der Waals surface area contributed by atoms with E-state index in [0.717, 1.165) is 35.4 Å². The Bertz CT molecular complexity index is 937. The van der Waals surface area contributed by atoms with Gasteiger partial charge in [-0.1, -0.05) is 0 Å². The highest BCUT2D eigenvalue weighted by Gasteiger charge is 2.31. The molecule has 1 saturated heterocycles. The second-order valence-corrected chi connectivity index (χ2v) is 7.91. The number of nitrogens with one attached hydrogen (secondary N) is 1. The molecule has 4 heterocycles. The summed E-state index contributed by atoms with van der Waals surface area (Å²) in [5.74, 6) is 0.0122. The Balaban J connectivity index is 1.40. The van der Waals surface area contributed by atoms with Crippen molar-refractivity contribution in [1.82, 2.24) is 15.2 Å². The van der Waals surface area contributed by atoms with Gasteiger partial charge in [-0.2, -0.15) is 0 Å². The van der Waals surface area contributed by atoms with E-state index in [9.17, 15) is 9.59 Å². The van der Waals surface area contributed by atoms with E-state index in [1.165, 1.54) is 11.3 Å². The predicted molar refractivity (Wildman–Crippen MR) is 106 cm³/mol. The lowest BCUT2D eigenvalue weighted by atomic mass is 10.1. The van der Waals surface area contributed by atoms with Gasteiger partial charge in [0, 0.05) is 35.9 Å². The Hall–Kier alpha value is -2.93. The average Bonchev–Trinajstić information content (AvgIpc) is 3.48. The predicted octanol–water partition coefficient (Wildman–Crippen LogP) is 3.57. The number of rotatable bonds is 6.